The van der Waals surface area contributed by atoms with E-state index in [1.54, 1.807) is 4.90 Å². The van der Waals surface area contributed by atoms with Crippen LogP contribution in [0.1, 0.15) is 30.0 Å². The van der Waals surface area contributed by atoms with Crippen LogP contribution < -0.4 is 0 Å². The molecule has 0 heterocycles. The van der Waals surface area contributed by atoms with Gasteiger partial charge in [0.1, 0.15) is 0 Å². The molecule has 1 aromatic carbocycles. The Balaban J connectivity index is 2.68. The van der Waals surface area contributed by atoms with Crippen molar-refractivity contribution in [2.75, 3.05) is 13.1 Å². The highest BCUT2D eigenvalue weighted by atomic mass is 16.2. The number of hydrogen-bond acceptors (Lipinski definition) is 2. The van der Waals surface area contributed by atoms with Gasteiger partial charge in [0.05, 0.1) is 18.9 Å². The number of carbonyl (C=O) groups is 1. The van der Waals surface area contributed by atoms with Crippen molar-refractivity contribution in [3.63, 3.8) is 0 Å². The van der Waals surface area contributed by atoms with Crippen LogP contribution in [0, 0.1) is 25.2 Å². The first-order valence-electron chi connectivity index (χ1n) is 6.29. The largest absolute Gasteiger partial charge is 0.342 e. The third-order valence-electron chi connectivity index (χ3n) is 3.15. The van der Waals surface area contributed by atoms with E-state index in [0.717, 1.165) is 5.56 Å². The zero-order chi connectivity index (χ0) is 13.5. The molecule has 0 bridgehead atoms. The monoisotopic (exact) mass is 244 g/mol. The molecule has 96 valence electrons. The second-order valence-electron chi connectivity index (χ2n) is 4.48. The molecule has 1 aromatic rings. The lowest BCUT2D eigenvalue weighted by Gasteiger charge is -2.19. The van der Waals surface area contributed by atoms with Crippen molar-refractivity contribution in [2.45, 2.75) is 33.6 Å². The number of rotatable bonds is 5. The maximum atomic E-state index is 12.1. The Morgan fingerprint density at radius 1 is 1.33 bits per heavy atom. The molecule has 0 N–H and O–H groups in total. The summed E-state index contributed by atoms with van der Waals surface area (Å²) >= 11 is 0. The predicted octanol–water partition coefficient (Wildman–Crippen LogP) is 2.61. The van der Waals surface area contributed by atoms with Gasteiger partial charge in [-0.15, -0.1) is 0 Å². The van der Waals surface area contributed by atoms with Crippen molar-refractivity contribution < 1.29 is 4.79 Å². The third-order valence-corrected chi connectivity index (χ3v) is 3.15. The molecular weight excluding hydrogens is 224 g/mol. The summed E-state index contributed by atoms with van der Waals surface area (Å²) in [5.41, 5.74) is 3.49. The van der Waals surface area contributed by atoms with Crippen molar-refractivity contribution in [2.24, 2.45) is 0 Å². The smallest absolute Gasteiger partial charge is 0.227 e. The summed E-state index contributed by atoms with van der Waals surface area (Å²) in [6, 6.07) is 8.18. The Labute approximate surface area is 109 Å². The van der Waals surface area contributed by atoms with Gasteiger partial charge in [-0.25, -0.2) is 0 Å². The van der Waals surface area contributed by atoms with E-state index in [4.69, 9.17) is 5.26 Å². The number of nitriles is 1. The van der Waals surface area contributed by atoms with Crippen LogP contribution in [0.2, 0.25) is 0 Å². The maximum Gasteiger partial charge on any atom is 0.227 e. The fourth-order valence-electron chi connectivity index (χ4n) is 1.84. The molecular formula is C15H20N2O. The standard InChI is InChI=1S/C15H20N2O/c1-4-17(9-5-8-16)15(18)11-14-7-6-12(2)13(3)10-14/h6-7,10H,4-5,9,11H2,1-3H3. The Bertz CT molecular complexity index is 460. The van der Waals surface area contributed by atoms with Crippen LogP contribution in [0.15, 0.2) is 18.2 Å². The topological polar surface area (TPSA) is 44.1 Å². The van der Waals surface area contributed by atoms with Gasteiger partial charge in [0, 0.05) is 13.1 Å². The molecule has 0 fully saturated rings. The van der Waals surface area contributed by atoms with Crippen molar-refractivity contribution in [3.05, 3.63) is 34.9 Å². The van der Waals surface area contributed by atoms with Crippen LogP contribution in [-0.4, -0.2) is 23.9 Å². The van der Waals surface area contributed by atoms with E-state index in [9.17, 15) is 4.79 Å². The van der Waals surface area contributed by atoms with E-state index >= 15 is 0 Å². The highest BCUT2D eigenvalue weighted by molar-refractivity contribution is 5.78. The van der Waals surface area contributed by atoms with Crippen molar-refractivity contribution >= 4 is 5.91 Å². The van der Waals surface area contributed by atoms with E-state index < -0.39 is 0 Å². The van der Waals surface area contributed by atoms with Crippen molar-refractivity contribution in [3.8, 4) is 6.07 Å². The summed E-state index contributed by atoms with van der Waals surface area (Å²) in [6.45, 7) is 7.24. The lowest BCUT2D eigenvalue weighted by Crippen LogP contribution is -2.32. The fraction of sp³-hybridized carbons (Fsp3) is 0.467. The molecule has 0 aliphatic heterocycles. The van der Waals surface area contributed by atoms with E-state index in [2.05, 4.69) is 26.0 Å². The van der Waals surface area contributed by atoms with Crippen molar-refractivity contribution in [1.82, 2.24) is 4.90 Å². The molecule has 3 nitrogen and oxygen atoms in total. The lowest BCUT2D eigenvalue weighted by molar-refractivity contribution is -0.130. The first-order valence-corrected chi connectivity index (χ1v) is 6.29. The van der Waals surface area contributed by atoms with Gasteiger partial charge < -0.3 is 4.90 Å². The molecule has 1 amide bonds. The van der Waals surface area contributed by atoms with Gasteiger partial charge in [0.2, 0.25) is 5.91 Å². The molecule has 3 heteroatoms. The Morgan fingerprint density at radius 3 is 2.61 bits per heavy atom. The fourth-order valence-corrected chi connectivity index (χ4v) is 1.84. The van der Waals surface area contributed by atoms with E-state index in [1.165, 1.54) is 11.1 Å². The van der Waals surface area contributed by atoms with E-state index in [1.807, 2.05) is 19.1 Å². The Kier molecular flexibility index (Phi) is 5.38. The van der Waals surface area contributed by atoms with Crippen LogP contribution in [0.4, 0.5) is 0 Å². The number of likely N-dealkylation sites (N-methyl/N-ethyl adjacent to an activating group) is 1. The number of nitrogens with zero attached hydrogens (tertiary/aromatic N) is 2. The van der Waals surface area contributed by atoms with Gasteiger partial charge in [-0.3, -0.25) is 4.79 Å². The maximum absolute atomic E-state index is 12.1. The SMILES string of the molecule is CCN(CCC#N)C(=O)Cc1ccc(C)c(C)c1. The van der Waals surface area contributed by atoms with Crippen LogP contribution in [0.5, 0.6) is 0 Å². The summed E-state index contributed by atoms with van der Waals surface area (Å²) in [4.78, 5) is 13.8. The van der Waals surface area contributed by atoms with Gasteiger partial charge in [-0.05, 0) is 37.5 Å². The van der Waals surface area contributed by atoms with Gasteiger partial charge in [0.15, 0.2) is 0 Å². The van der Waals surface area contributed by atoms with Crippen LogP contribution in [0.25, 0.3) is 0 Å². The number of carbonyl (C=O) groups excluding carboxylic acids is 1. The molecule has 0 spiro atoms. The predicted molar refractivity (Wildman–Crippen MR) is 72.1 cm³/mol. The van der Waals surface area contributed by atoms with Gasteiger partial charge in [-0.1, -0.05) is 18.2 Å². The highest BCUT2D eigenvalue weighted by Gasteiger charge is 2.12. The molecule has 0 atom stereocenters. The molecule has 0 aromatic heterocycles. The minimum Gasteiger partial charge on any atom is -0.342 e. The van der Waals surface area contributed by atoms with Crippen LogP contribution >= 0.6 is 0 Å². The third kappa shape index (κ3) is 3.89. The van der Waals surface area contributed by atoms with Crippen molar-refractivity contribution in [1.29, 1.82) is 5.26 Å². The normalized spacial score (nSPS) is 9.89. The minimum absolute atomic E-state index is 0.0935. The molecule has 0 aliphatic rings. The van der Waals surface area contributed by atoms with Gasteiger partial charge in [0.25, 0.3) is 0 Å². The second kappa shape index (κ2) is 6.80. The minimum atomic E-state index is 0.0935. The number of benzene rings is 1. The zero-order valence-corrected chi connectivity index (χ0v) is 11.4. The summed E-state index contributed by atoms with van der Waals surface area (Å²) in [5, 5.41) is 8.56. The number of hydrogen-bond donors (Lipinski definition) is 0. The summed E-state index contributed by atoms with van der Waals surface area (Å²) < 4.78 is 0. The summed E-state index contributed by atoms with van der Waals surface area (Å²) in [6.07, 6.45) is 0.812. The first-order chi connectivity index (χ1) is 8.58. The molecule has 18 heavy (non-hydrogen) atoms. The molecule has 1 rings (SSSR count). The van der Waals surface area contributed by atoms with Gasteiger partial charge >= 0.3 is 0 Å². The molecule has 0 saturated heterocycles. The Morgan fingerprint density at radius 2 is 2.06 bits per heavy atom. The average molecular weight is 244 g/mol. The lowest BCUT2D eigenvalue weighted by atomic mass is 10.0. The summed E-state index contributed by atoms with van der Waals surface area (Å²) in [7, 11) is 0. The Hall–Kier alpha value is -1.82. The molecule has 0 aliphatic carbocycles. The van der Waals surface area contributed by atoms with Crippen LogP contribution in [-0.2, 0) is 11.2 Å². The molecule has 0 unspecified atom stereocenters. The highest BCUT2D eigenvalue weighted by Crippen LogP contribution is 2.11. The second-order valence-corrected chi connectivity index (χ2v) is 4.48. The average Bonchev–Trinajstić information content (AvgIpc) is 2.35. The van der Waals surface area contributed by atoms with E-state index in [-0.39, 0.29) is 5.91 Å². The quantitative estimate of drug-likeness (QED) is 0.799. The van der Waals surface area contributed by atoms with Gasteiger partial charge in [-0.2, -0.15) is 5.26 Å². The van der Waals surface area contributed by atoms with E-state index in [0.29, 0.717) is 25.9 Å². The summed E-state index contributed by atoms with van der Waals surface area (Å²) in [5.74, 6) is 0.0935. The number of aryl methyl sites for hydroxylation is 2. The molecule has 0 saturated carbocycles. The molecule has 0 radical (unpaired) electrons. The number of amides is 1. The first kappa shape index (κ1) is 14.2. The zero-order valence-electron chi connectivity index (χ0n) is 11.4. The van der Waals surface area contributed by atoms with Crippen LogP contribution in [0.3, 0.4) is 0 Å².